The first-order valence-corrected chi connectivity index (χ1v) is 38.8. The molecule has 30 heteroatoms. The fraction of sp³-hybridized carbons (Fsp3) is 0.268. The topological polar surface area (TPSA) is 479 Å². The Hall–Kier alpha value is -11.1. The molecule has 0 heterocycles. The summed E-state index contributed by atoms with van der Waals surface area (Å²) in [5.74, 6) is 0. The molecule has 10 aromatic rings. The second-order valence-electron chi connectivity index (χ2n) is 24.2. The lowest BCUT2D eigenvalue weighted by Crippen LogP contribution is -2.29. The molecule has 28 nitrogen and oxygen atoms in total. The van der Waals surface area contributed by atoms with Gasteiger partial charge in [-0.05, 0) is 240 Å². The Morgan fingerprint density at radius 1 is 0.295 bits per heavy atom. The van der Waals surface area contributed by atoms with Gasteiger partial charge in [0.25, 0.3) is 0 Å². The first-order chi connectivity index (χ1) is 53.5. The smallest absolute Gasteiger partial charge is 0.394 e. The van der Waals surface area contributed by atoms with Crippen LogP contribution in [0.5, 0.6) is 0 Å². The van der Waals surface area contributed by atoms with E-state index in [0.29, 0.717) is 56.7 Å². The molecule has 0 fully saturated rings. The third kappa shape index (κ3) is 45.1. The van der Waals surface area contributed by atoms with E-state index in [2.05, 4.69) is 138 Å². The van der Waals surface area contributed by atoms with Gasteiger partial charge in [-0.1, -0.05) is 61.5 Å². The maximum atomic E-state index is 8.83. The molecule has 0 radical (unpaired) electrons. The summed E-state index contributed by atoms with van der Waals surface area (Å²) in [5, 5.41) is 63.0. The van der Waals surface area contributed by atoms with Gasteiger partial charge >= 0.3 is 20.8 Å². The molecule has 112 heavy (non-hydrogen) atoms. The predicted octanol–water partition coefficient (Wildman–Crippen LogP) is 12.1. The minimum atomic E-state index is -4.67. The average molecular weight is 1590 g/mol. The molecular weight excluding hydrogens is 1470 g/mol. The zero-order chi connectivity index (χ0) is 83.1. The van der Waals surface area contributed by atoms with Crippen molar-refractivity contribution in [3.63, 3.8) is 0 Å². The number of hydrogen-bond donors (Lipinski definition) is 19. The molecule has 0 spiro atoms. The van der Waals surface area contributed by atoms with E-state index in [1.54, 1.807) is 24.3 Å². The molecular formula is C82H116N14O14S2. The quantitative estimate of drug-likeness (QED) is 0.0160. The van der Waals surface area contributed by atoms with Gasteiger partial charge in [0.2, 0.25) is 0 Å². The molecule has 610 valence electrons. The van der Waals surface area contributed by atoms with Crippen LogP contribution in [0.15, 0.2) is 261 Å². The van der Waals surface area contributed by atoms with E-state index in [4.69, 9.17) is 100 Å². The second-order valence-corrected chi connectivity index (χ2v) is 26.0. The van der Waals surface area contributed by atoms with Crippen LogP contribution < -0.4 is 74.9 Å². The van der Waals surface area contributed by atoms with Crippen molar-refractivity contribution in [2.24, 2.45) is 0 Å². The number of para-hydroxylation sites is 3. The van der Waals surface area contributed by atoms with Crippen LogP contribution in [0.4, 0.5) is 96.7 Å². The van der Waals surface area contributed by atoms with E-state index in [1.807, 2.05) is 174 Å². The number of nitrogens with two attached hydrogens (primary N) is 6. The number of nitrogens with zero attached hydrogens (tertiary/aromatic N) is 5. The minimum Gasteiger partial charge on any atom is -0.399 e. The molecule has 0 aliphatic heterocycles. The fourth-order valence-electron chi connectivity index (χ4n) is 10.00. The Bertz CT molecular complexity index is 4050. The normalized spacial score (nSPS) is 10.2. The van der Waals surface area contributed by atoms with Crippen LogP contribution in [0.25, 0.3) is 0 Å². The van der Waals surface area contributed by atoms with Crippen molar-refractivity contribution in [3.8, 4) is 0 Å². The van der Waals surface area contributed by atoms with E-state index >= 15 is 0 Å². The molecule has 0 aliphatic rings. The highest BCUT2D eigenvalue weighted by Crippen LogP contribution is 2.29. The highest BCUT2D eigenvalue weighted by Gasteiger charge is 2.13. The summed E-state index contributed by atoms with van der Waals surface area (Å²) in [4.78, 5) is 10.3. The van der Waals surface area contributed by atoms with Crippen LogP contribution in [0, 0.1) is 0 Å². The number of hydrogen-bond acceptors (Lipinski definition) is 24. The summed E-state index contributed by atoms with van der Waals surface area (Å²) in [5.41, 5.74) is 50.1. The Labute approximate surface area is 661 Å². The highest BCUT2D eigenvalue weighted by atomic mass is 32.3. The van der Waals surface area contributed by atoms with Crippen molar-refractivity contribution < 1.29 is 65.7 Å². The zero-order valence-electron chi connectivity index (χ0n) is 64.3. The van der Waals surface area contributed by atoms with Crippen LogP contribution in [0.2, 0.25) is 0 Å². The molecule has 10 rings (SSSR count). The van der Waals surface area contributed by atoms with Crippen LogP contribution in [-0.4, -0.2) is 170 Å². The van der Waals surface area contributed by atoms with Crippen LogP contribution in [0.3, 0.4) is 0 Å². The van der Waals surface area contributed by atoms with Crippen molar-refractivity contribution in [1.82, 2.24) is 0 Å². The number of nitrogens with one attached hydrogen (secondary N) is 3. The van der Waals surface area contributed by atoms with E-state index in [9.17, 15) is 0 Å². The fourth-order valence-corrected chi connectivity index (χ4v) is 10.00. The maximum Gasteiger partial charge on any atom is 0.394 e. The molecule has 10 aromatic carbocycles. The SMILES string of the molecule is CC(C)N(c1ccccc1)c1ccc(N)cc1.CCCNc1ccc(Nc2ccccc2)cc1.CCN(CCO)c1ccc(N)cc1.CCN(CCO)c1ccc(N)cc1.Nc1ccc(N(CCO)CCO)cc1.Nc1ccc(N(CCO)CCO)cc1.Nc1ccc(Nc2ccccc2)cc1.O=S(=O)(O)O.O=S(=O)(O)O. The summed E-state index contributed by atoms with van der Waals surface area (Å²) >= 11 is 0. The van der Waals surface area contributed by atoms with Gasteiger partial charge in [-0.15, -0.1) is 0 Å². The number of aliphatic hydroxyl groups is 6. The Morgan fingerprint density at radius 2 is 0.500 bits per heavy atom. The number of aliphatic hydroxyl groups excluding tert-OH is 6. The third-order valence-corrected chi connectivity index (χ3v) is 15.2. The molecule has 0 bridgehead atoms. The first kappa shape index (κ1) is 97.0. The molecule has 0 saturated carbocycles. The van der Waals surface area contributed by atoms with Crippen molar-refractivity contribution in [1.29, 1.82) is 0 Å². The summed E-state index contributed by atoms with van der Waals surface area (Å²) < 4.78 is 63.2. The first-order valence-electron chi connectivity index (χ1n) is 36.0. The van der Waals surface area contributed by atoms with Gasteiger partial charge in [-0.3, -0.25) is 18.2 Å². The van der Waals surface area contributed by atoms with E-state index in [0.717, 1.165) is 94.3 Å². The molecule has 0 unspecified atom stereocenters. The van der Waals surface area contributed by atoms with E-state index in [-0.39, 0.29) is 39.6 Å². The summed E-state index contributed by atoms with van der Waals surface area (Å²) in [7, 11) is -9.33. The Morgan fingerprint density at radius 3 is 0.750 bits per heavy atom. The van der Waals surface area contributed by atoms with Gasteiger partial charge in [0.15, 0.2) is 0 Å². The average Bonchev–Trinajstić information content (AvgIpc) is 0.835. The lowest BCUT2D eigenvalue weighted by molar-refractivity contribution is 0.280. The largest absolute Gasteiger partial charge is 0.399 e. The van der Waals surface area contributed by atoms with Crippen molar-refractivity contribution in [3.05, 3.63) is 261 Å². The van der Waals surface area contributed by atoms with E-state index < -0.39 is 20.8 Å². The molecule has 0 aliphatic carbocycles. The lowest BCUT2D eigenvalue weighted by Gasteiger charge is -2.29. The summed E-state index contributed by atoms with van der Waals surface area (Å²) in [6.45, 7) is 17.5. The van der Waals surface area contributed by atoms with Crippen molar-refractivity contribution >= 4 is 117 Å². The van der Waals surface area contributed by atoms with Crippen molar-refractivity contribution in [2.75, 3.05) is 173 Å². The number of rotatable bonds is 28. The van der Waals surface area contributed by atoms with Crippen molar-refractivity contribution in [2.45, 2.75) is 47.1 Å². The monoisotopic (exact) mass is 1580 g/mol. The third-order valence-electron chi connectivity index (χ3n) is 15.2. The second kappa shape index (κ2) is 56.2. The van der Waals surface area contributed by atoms with Crippen LogP contribution >= 0.6 is 0 Å². The van der Waals surface area contributed by atoms with Gasteiger partial charge in [-0.2, -0.15) is 16.8 Å². The molecule has 25 N–H and O–H groups in total. The predicted molar refractivity (Wildman–Crippen MR) is 465 cm³/mol. The van der Waals surface area contributed by atoms with Gasteiger partial charge in [0, 0.05) is 162 Å². The Balaban J connectivity index is 0.000000435. The minimum absolute atomic E-state index is 0.0738. The number of nitrogen functional groups attached to an aromatic ring is 6. The number of anilines is 17. The van der Waals surface area contributed by atoms with E-state index in [1.165, 1.54) is 17.1 Å². The van der Waals surface area contributed by atoms with Gasteiger partial charge < -0.3 is 105 Å². The lowest BCUT2D eigenvalue weighted by atomic mass is 10.2. The number of benzene rings is 10. The molecule has 0 atom stereocenters. The Kier molecular flexibility index (Phi) is 48.6. The van der Waals surface area contributed by atoms with Gasteiger partial charge in [0.05, 0.1) is 39.6 Å². The summed E-state index contributed by atoms with van der Waals surface area (Å²) in [6, 6.07) is 85.1. The van der Waals surface area contributed by atoms with Gasteiger partial charge in [-0.25, -0.2) is 0 Å². The molecule has 0 aromatic heterocycles. The molecule has 0 saturated heterocycles. The molecule has 0 amide bonds. The van der Waals surface area contributed by atoms with Crippen LogP contribution in [-0.2, 0) is 20.8 Å². The van der Waals surface area contributed by atoms with Gasteiger partial charge in [0.1, 0.15) is 0 Å². The van der Waals surface area contributed by atoms with Crippen LogP contribution in [0.1, 0.15) is 41.0 Å². The number of likely N-dealkylation sites (N-methyl/N-ethyl adjacent to an activating group) is 2. The highest BCUT2D eigenvalue weighted by molar-refractivity contribution is 7.80. The maximum absolute atomic E-state index is 8.83. The summed E-state index contributed by atoms with van der Waals surface area (Å²) in [6.07, 6.45) is 1.14. The zero-order valence-corrected chi connectivity index (χ0v) is 66.0. The standard InChI is InChI=1S/2C15H18N2.C12H12N2.2C10H16N2O2.2C10H16N2O.2H2O4S/c1-12(2)17(14-6-4-3-5-7-14)15-10-8-13(16)9-11-15;1-2-12-16-13-8-10-15(11-9-13)17-14-6-4-3-5-7-14;13-10-6-8-12(9-7-10)14-11-4-2-1-3-5-11;2*11-9-1-3-10(4-2-9)12(5-7-13)6-8-14;2*1-2-12(7-8-13)10-5-3-9(11)4-6-10;2*1-5(2,3)4/h3-12H,16H2,1-2H3;3-11,16-17H,2,12H2,1H3;1-9,14H,13H2;2*1-4,13-14H,5-8,11H2;2*3-6,13H,2,7-8,11H2,1H3;2*(H2,1,2,3,4).